The monoisotopic (exact) mass is 635 g/mol. The molecule has 0 saturated carbocycles. The summed E-state index contributed by atoms with van der Waals surface area (Å²) < 4.78 is 5.04. The third kappa shape index (κ3) is 3.78. The molecule has 47 heavy (non-hydrogen) atoms. The third-order valence-electron chi connectivity index (χ3n) is 9.99. The average molecular weight is 636 g/mol. The van der Waals surface area contributed by atoms with Crippen molar-refractivity contribution in [2.75, 3.05) is 0 Å². The lowest BCUT2D eigenvalue weighted by atomic mass is 10.1. The van der Waals surface area contributed by atoms with E-state index in [9.17, 15) is 0 Å². The quantitative estimate of drug-likeness (QED) is 0.181. The Morgan fingerprint density at radius 2 is 1.21 bits per heavy atom. The predicted octanol–water partition coefficient (Wildman–Crippen LogP) is 10.1. The molecular formula is C42H29N3SSi. The summed E-state index contributed by atoms with van der Waals surface area (Å²) in [6.45, 7) is 4.88. The first kappa shape index (κ1) is 26.8. The molecule has 10 rings (SSSR count). The summed E-state index contributed by atoms with van der Waals surface area (Å²) >= 11 is 1.86. The van der Waals surface area contributed by atoms with E-state index in [2.05, 4.69) is 157 Å². The number of para-hydroxylation sites is 2. The summed E-state index contributed by atoms with van der Waals surface area (Å²) in [7, 11) is -2.04. The van der Waals surface area contributed by atoms with Crippen LogP contribution >= 0.6 is 11.3 Å². The molecule has 0 radical (unpaired) electrons. The van der Waals surface area contributed by atoms with Crippen LogP contribution in [0.1, 0.15) is 0 Å². The van der Waals surface area contributed by atoms with E-state index in [4.69, 9.17) is 9.97 Å². The van der Waals surface area contributed by atoms with Gasteiger partial charge in [0, 0.05) is 42.1 Å². The number of thiophene rings is 1. The highest BCUT2D eigenvalue weighted by molar-refractivity contribution is 7.25. The molecule has 0 spiro atoms. The van der Waals surface area contributed by atoms with Gasteiger partial charge in [0.1, 0.15) is 8.07 Å². The van der Waals surface area contributed by atoms with Crippen molar-refractivity contribution in [1.29, 1.82) is 0 Å². The molecule has 1 aliphatic heterocycles. The molecule has 0 unspecified atom stereocenters. The molecule has 1 aliphatic rings. The summed E-state index contributed by atoms with van der Waals surface area (Å²) in [6, 6.07) is 50.5. The lowest BCUT2D eigenvalue weighted by Gasteiger charge is -2.22. The van der Waals surface area contributed by atoms with E-state index >= 15 is 0 Å². The second-order valence-electron chi connectivity index (χ2n) is 13.0. The van der Waals surface area contributed by atoms with Crippen molar-refractivity contribution in [2.24, 2.45) is 0 Å². The number of fused-ring (bicyclic) bond motifs is 9. The van der Waals surface area contributed by atoms with Crippen molar-refractivity contribution in [2.45, 2.75) is 13.1 Å². The number of nitrogens with zero attached hydrogens (tertiary/aromatic N) is 3. The fourth-order valence-corrected chi connectivity index (χ4v) is 12.2. The molecular weight excluding hydrogens is 607 g/mol. The number of benzene rings is 6. The van der Waals surface area contributed by atoms with E-state index < -0.39 is 8.07 Å². The van der Waals surface area contributed by atoms with E-state index in [1.165, 1.54) is 57.9 Å². The molecule has 0 N–H and O–H groups in total. The Labute approximate surface area is 277 Å². The van der Waals surface area contributed by atoms with Crippen molar-refractivity contribution < 1.29 is 0 Å². The molecule has 0 aliphatic carbocycles. The Balaban J connectivity index is 1.29. The zero-order valence-corrected chi connectivity index (χ0v) is 27.8. The lowest BCUT2D eigenvalue weighted by Crippen LogP contribution is -2.50. The second kappa shape index (κ2) is 9.82. The molecule has 0 amide bonds. The van der Waals surface area contributed by atoms with Crippen LogP contribution in [0.2, 0.25) is 13.1 Å². The van der Waals surface area contributed by atoms with Crippen LogP contribution < -0.4 is 10.4 Å². The maximum absolute atomic E-state index is 5.49. The van der Waals surface area contributed by atoms with Crippen LogP contribution in [0, 0.1) is 0 Å². The highest BCUT2D eigenvalue weighted by Gasteiger charge is 2.41. The normalized spacial score (nSPS) is 13.5. The summed E-state index contributed by atoms with van der Waals surface area (Å²) in [5.74, 6) is 0.758. The van der Waals surface area contributed by atoms with Gasteiger partial charge in [-0.25, -0.2) is 9.97 Å². The SMILES string of the molecule is C[Si]1(C)c2ccccc2-c2nc(-c3ccccc3-n3c4ccccc4c4cc5c(cc43)sc3ccccc35)nc(-c3ccccc3)c21. The molecule has 6 aromatic carbocycles. The second-order valence-corrected chi connectivity index (χ2v) is 18.4. The van der Waals surface area contributed by atoms with Crippen molar-refractivity contribution in [1.82, 2.24) is 14.5 Å². The van der Waals surface area contributed by atoms with Gasteiger partial charge in [0.15, 0.2) is 5.82 Å². The van der Waals surface area contributed by atoms with E-state index in [0.29, 0.717) is 0 Å². The molecule has 0 fully saturated rings. The van der Waals surface area contributed by atoms with Crippen molar-refractivity contribution in [3.8, 4) is 39.6 Å². The Morgan fingerprint density at radius 3 is 2.09 bits per heavy atom. The van der Waals surface area contributed by atoms with E-state index in [1.807, 2.05) is 11.3 Å². The van der Waals surface area contributed by atoms with Gasteiger partial charge in [-0.15, -0.1) is 11.3 Å². The smallest absolute Gasteiger partial charge is 0.162 e. The fraction of sp³-hybridized carbons (Fsp3) is 0.0476. The van der Waals surface area contributed by atoms with Crippen LogP contribution in [0.5, 0.6) is 0 Å². The van der Waals surface area contributed by atoms with Crippen LogP contribution in [0.25, 0.3) is 81.6 Å². The van der Waals surface area contributed by atoms with E-state index in [1.54, 1.807) is 0 Å². The zero-order valence-electron chi connectivity index (χ0n) is 26.0. The average Bonchev–Trinajstić information content (AvgIpc) is 3.72. The zero-order chi connectivity index (χ0) is 31.3. The molecule has 9 aromatic rings. The topological polar surface area (TPSA) is 30.7 Å². The molecule has 5 heteroatoms. The van der Waals surface area contributed by atoms with Gasteiger partial charge in [0.2, 0.25) is 0 Å². The van der Waals surface area contributed by atoms with Crippen LogP contribution in [-0.2, 0) is 0 Å². The number of hydrogen-bond acceptors (Lipinski definition) is 3. The molecule has 4 heterocycles. The summed E-state index contributed by atoms with van der Waals surface area (Å²) in [5, 5.41) is 7.90. The minimum Gasteiger partial charge on any atom is -0.308 e. The Kier molecular flexibility index (Phi) is 5.60. The highest BCUT2D eigenvalue weighted by Crippen LogP contribution is 2.42. The van der Waals surface area contributed by atoms with Crippen LogP contribution in [0.15, 0.2) is 140 Å². The number of hydrogen-bond donors (Lipinski definition) is 0. The van der Waals surface area contributed by atoms with Gasteiger partial charge < -0.3 is 4.57 Å². The molecule has 0 saturated heterocycles. The Morgan fingerprint density at radius 1 is 0.532 bits per heavy atom. The first-order chi connectivity index (χ1) is 23.1. The summed E-state index contributed by atoms with van der Waals surface area (Å²) in [4.78, 5) is 11.0. The highest BCUT2D eigenvalue weighted by atomic mass is 32.1. The minimum atomic E-state index is -2.04. The predicted molar refractivity (Wildman–Crippen MR) is 202 cm³/mol. The maximum Gasteiger partial charge on any atom is 0.162 e. The minimum absolute atomic E-state index is 0.758. The van der Waals surface area contributed by atoms with Gasteiger partial charge >= 0.3 is 0 Å². The standard InChI is InChI=1S/C42H29N3SSi/c1-47(2)38-23-13-9-19-30(38)40-41(47)39(26-14-4-3-5-15-26)43-42(44-40)29-18-7-11-21-34(29)45-33-20-10-6-16-27(33)31-24-32-28-17-8-12-22-36(28)46-37(32)25-35(31)45/h3-25H,1-2H3. The lowest BCUT2D eigenvalue weighted by molar-refractivity contribution is 1.15. The molecule has 0 atom stereocenters. The van der Waals surface area contributed by atoms with Gasteiger partial charge in [0.25, 0.3) is 0 Å². The van der Waals surface area contributed by atoms with Crippen LogP contribution in [0.3, 0.4) is 0 Å². The first-order valence-electron chi connectivity index (χ1n) is 16.1. The first-order valence-corrected chi connectivity index (χ1v) is 19.9. The largest absolute Gasteiger partial charge is 0.308 e. The van der Waals surface area contributed by atoms with Crippen molar-refractivity contribution in [3.05, 3.63) is 140 Å². The summed E-state index contributed by atoms with van der Waals surface area (Å²) in [5.41, 5.74) is 9.02. The van der Waals surface area contributed by atoms with E-state index in [0.717, 1.165) is 34.0 Å². The van der Waals surface area contributed by atoms with Crippen molar-refractivity contribution >= 4 is 71.8 Å². The van der Waals surface area contributed by atoms with Gasteiger partial charge in [-0.2, -0.15) is 0 Å². The molecule has 222 valence electrons. The van der Waals surface area contributed by atoms with Crippen molar-refractivity contribution in [3.63, 3.8) is 0 Å². The molecule has 3 aromatic heterocycles. The third-order valence-corrected chi connectivity index (χ3v) is 14.6. The molecule has 0 bridgehead atoms. The van der Waals surface area contributed by atoms with Gasteiger partial charge in [-0.3, -0.25) is 0 Å². The Bertz CT molecular complexity index is 2720. The maximum atomic E-state index is 5.49. The fourth-order valence-electron chi connectivity index (χ4n) is 7.85. The van der Waals surface area contributed by atoms with Gasteiger partial charge in [-0.05, 0) is 52.3 Å². The van der Waals surface area contributed by atoms with Gasteiger partial charge in [0.05, 0.1) is 28.1 Å². The van der Waals surface area contributed by atoms with Crippen LogP contribution in [-0.4, -0.2) is 22.6 Å². The molecule has 3 nitrogen and oxygen atoms in total. The Hall–Kier alpha value is -5.36. The van der Waals surface area contributed by atoms with Gasteiger partial charge in [-0.1, -0.05) is 116 Å². The summed E-state index contributed by atoms with van der Waals surface area (Å²) in [6.07, 6.45) is 0. The number of aromatic nitrogens is 3. The van der Waals surface area contributed by atoms with Crippen LogP contribution in [0.4, 0.5) is 0 Å². The number of rotatable bonds is 3. The van der Waals surface area contributed by atoms with E-state index in [-0.39, 0.29) is 0 Å².